The van der Waals surface area contributed by atoms with E-state index in [1.54, 1.807) is 0 Å². The molecule has 3 heterocycles. The van der Waals surface area contributed by atoms with E-state index in [2.05, 4.69) is 52.9 Å². The Morgan fingerprint density at radius 3 is 2.64 bits per heavy atom. The standard InChI is InChI=1S/C23H33N3O2/c1-23(2,16-25-9-11-28-12-10-25)17-26-14-19(22(27)15-26)13-18-7-8-24-21-6-4-3-5-20(18)21/h3-8,19,22,27H,9-17H2,1-2H3/t19-,22+/m1/s1. The molecule has 2 fully saturated rings. The molecule has 1 N–H and O–H groups in total. The fourth-order valence-electron chi connectivity index (χ4n) is 4.91. The van der Waals surface area contributed by atoms with Crippen molar-refractivity contribution in [3.63, 3.8) is 0 Å². The Bertz CT molecular complexity index is 783. The lowest BCUT2D eigenvalue weighted by Crippen LogP contribution is -2.45. The minimum atomic E-state index is -0.258. The quantitative estimate of drug-likeness (QED) is 0.830. The van der Waals surface area contributed by atoms with E-state index in [0.717, 1.165) is 64.4 Å². The number of benzene rings is 1. The third kappa shape index (κ3) is 4.71. The first-order valence-electron chi connectivity index (χ1n) is 10.5. The van der Waals surface area contributed by atoms with Gasteiger partial charge in [0, 0.05) is 56.8 Å². The monoisotopic (exact) mass is 383 g/mol. The second-order valence-corrected chi connectivity index (χ2v) is 9.27. The molecule has 0 amide bonds. The molecule has 0 unspecified atom stereocenters. The first kappa shape index (κ1) is 19.8. The van der Waals surface area contributed by atoms with Gasteiger partial charge in [0.2, 0.25) is 0 Å². The Kier molecular flexibility index (Phi) is 5.97. The van der Waals surface area contributed by atoms with Crippen LogP contribution in [0.15, 0.2) is 36.5 Å². The summed E-state index contributed by atoms with van der Waals surface area (Å²) in [6.45, 7) is 12.3. The molecule has 152 valence electrons. The highest BCUT2D eigenvalue weighted by atomic mass is 16.5. The fraction of sp³-hybridized carbons (Fsp3) is 0.609. The molecule has 28 heavy (non-hydrogen) atoms. The number of pyridine rings is 1. The van der Waals surface area contributed by atoms with Crippen molar-refractivity contribution in [3.8, 4) is 0 Å². The van der Waals surface area contributed by atoms with Gasteiger partial charge in [0.15, 0.2) is 0 Å². The number of hydrogen-bond donors (Lipinski definition) is 1. The molecule has 5 heteroatoms. The molecule has 2 aliphatic rings. The molecule has 5 nitrogen and oxygen atoms in total. The minimum Gasteiger partial charge on any atom is -0.391 e. The van der Waals surface area contributed by atoms with Crippen molar-refractivity contribution in [1.29, 1.82) is 0 Å². The molecule has 2 atom stereocenters. The van der Waals surface area contributed by atoms with Crippen LogP contribution in [-0.4, -0.2) is 78.5 Å². The van der Waals surface area contributed by atoms with Gasteiger partial charge in [-0.15, -0.1) is 0 Å². The van der Waals surface area contributed by atoms with E-state index in [1.807, 2.05) is 12.3 Å². The summed E-state index contributed by atoms with van der Waals surface area (Å²) >= 11 is 0. The van der Waals surface area contributed by atoms with Gasteiger partial charge < -0.3 is 9.84 Å². The lowest BCUT2D eigenvalue weighted by molar-refractivity contribution is 0.0157. The van der Waals surface area contributed by atoms with E-state index in [-0.39, 0.29) is 17.4 Å². The van der Waals surface area contributed by atoms with Crippen molar-refractivity contribution in [2.75, 3.05) is 52.5 Å². The van der Waals surface area contributed by atoms with Crippen molar-refractivity contribution in [1.82, 2.24) is 14.8 Å². The third-order valence-electron chi connectivity index (χ3n) is 6.11. The number of nitrogens with zero attached hydrogens (tertiary/aromatic N) is 3. The normalized spacial score (nSPS) is 24.8. The summed E-state index contributed by atoms with van der Waals surface area (Å²) in [7, 11) is 0. The zero-order chi connectivity index (χ0) is 19.6. The number of fused-ring (bicyclic) bond motifs is 1. The predicted octanol–water partition coefficient (Wildman–Crippen LogP) is 2.43. The SMILES string of the molecule is CC(C)(CN1CCOCC1)CN1C[C@@H](Cc2ccnc3ccccc23)[C@@H](O)C1. The van der Waals surface area contributed by atoms with Gasteiger partial charge in [-0.25, -0.2) is 0 Å². The minimum absolute atomic E-state index is 0.204. The molecule has 2 aliphatic heterocycles. The molecule has 0 radical (unpaired) electrons. The third-order valence-corrected chi connectivity index (χ3v) is 6.11. The van der Waals surface area contributed by atoms with Crippen LogP contribution < -0.4 is 0 Å². The number of likely N-dealkylation sites (tertiary alicyclic amines) is 1. The van der Waals surface area contributed by atoms with Crippen molar-refractivity contribution < 1.29 is 9.84 Å². The van der Waals surface area contributed by atoms with E-state index >= 15 is 0 Å². The molecule has 0 aliphatic carbocycles. The first-order chi connectivity index (χ1) is 13.5. The van der Waals surface area contributed by atoms with Gasteiger partial charge in [-0.1, -0.05) is 32.0 Å². The number of rotatable bonds is 6. The number of morpholine rings is 1. The Balaban J connectivity index is 1.37. The summed E-state index contributed by atoms with van der Waals surface area (Å²) in [6.07, 6.45) is 2.54. The summed E-state index contributed by atoms with van der Waals surface area (Å²) < 4.78 is 5.47. The van der Waals surface area contributed by atoms with Crippen LogP contribution in [0.4, 0.5) is 0 Å². The molecule has 1 aromatic carbocycles. The number of hydrogen-bond acceptors (Lipinski definition) is 5. The van der Waals surface area contributed by atoms with E-state index in [4.69, 9.17) is 4.74 Å². The van der Waals surface area contributed by atoms with Gasteiger partial charge in [-0.05, 0) is 29.5 Å². The van der Waals surface area contributed by atoms with Gasteiger partial charge in [-0.3, -0.25) is 14.8 Å². The molecule has 0 saturated carbocycles. The highest BCUT2D eigenvalue weighted by molar-refractivity contribution is 5.81. The lowest BCUT2D eigenvalue weighted by atomic mass is 9.91. The number of para-hydroxylation sites is 1. The smallest absolute Gasteiger partial charge is 0.0710 e. The average molecular weight is 384 g/mol. The van der Waals surface area contributed by atoms with E-state index in [0.29, 0.717) is 0 Å². The van der Waals surface area contributed by atoms with E-state index < -0.39 is 0 Å². The summed E-state index contributed by atoms with van der Waals surface area (Å²) in [4.78, 5) is 9.44. The van der Waals surface area contributed by atoms with Crippen LogP contribution in [0.5, 0.6) is 0 Å². The molecule has 1 aromatic heterocycles. The van der Waals surface area contributed by atoms with Crippen LogP contribution in [0.25, 0.3) is 10.9 Å². The second-order valence-electron chi connectivity index (χ2n) is 9.27. The zero-order valence-electron chi connectivity index (χ0n) is 17.2. The number of aliphatic hydroxyl groups is 1. The maximum atomic E-state index is 10.7. The number of ether oxygens (including phenoxy) is 1. The molecule has 2 saturated heterocycles. The largest absolute Gasteiger partial charge is 0.391 e. The van der Waals surface area contributed by atoms with Gasteiger partial charge in [-0.2, -0.15) is 0 Å². The Morgan fingerprint density at radius 1 is 1.07 bits per heavy atom. The van der Waals surface area contributed by atoms with Crippen molar-refractivity contribution in [2.45, 2.75) is 26.4 Å². The summed E-state index contributed by atoms with van der Waals surface area (Å²) in [5.74, 6) is 0.282. The van der Waals surface area contributed by atoms with Crippen LogP contribution in [0.2, 0.25) is 0 Å². The van der Waals surface area contributed by atoms with Gasteiger partial charge in [0.25, 0.3) is 0 Å². The molecule has 2 aromatic rings. The highest BCUT2D eigenvalue weighted by Crippen LogP contribution is 2.28. The van der Waals surface area contributed by atoms with Gasteiger partial charge in [0.1, 0.15) is 0 Å². The van der Waals surface area contributed by atoms with Crippen molar-refractivity contribution in [2.24, 2.45) is 11.3 Å². The molecular weight excluding hydrogens is 350 g/mol. The lowest BCUT2D eigenvalue weighted by Gasteiger charge is -2.37. The topological polar surface area (TPSA) is 48.8 Å². The number of aromatic nitrogens is 1. The number of β-amino-alcohol motifs (C(OH)–C–C–N with tert-alkyl or cyclic N) is 1. The highest BCUT2D eigenvalue weighted by Gasteiger charge is 2.35. The van der Waals surface area contributed by atoms with Gasteiger partial charge >= 0.3 is 0 Å². The predicted molar refractivity (Wildman–Crippen MR) is 112 cm³/mol. The maximum absolute atomic E-state index is 10.7. The summed E-state index contributed by atoms with van der Waals surface area (Å²) in [5.41, 5.74) is 2.54. The average Bonchev–Trinajstić information content (AvgIpc) is 3.00. The second kappa shape index (κ2) is 8.46. The van der Waals surface area contributed by atoms with E-state index in [1.165, 1.54) is 10.9 Å². The summed E-state index contributed by atoms with van der Waals surface area (Å²) in [5, 5.41) is 11.9. The number of aliphatic hydroxyl groups excluding tert-OH is 1. The van der Waals surface area contributed by atoms with Crippen LogP contribution in [0.3, 0.4) is 0 Å². The summed E-state index contributed by atoms with van der Waals surface area (Å²) in [6, 6.07) is 10.4. The van der Waals surface area contributed by atoms with Crippen LogP contribution >= 0.6 is 0 Å². The molecule has 0 spiro atoms. The fourth-order valence-corrected chi connectivity index (χ4v) is 4.91. The Hall–Kier alpha value is -1.53. The molecule has 0 bridgehead atoms. The van der Waals surface area contributed by atoms with Crippen LogP contribution in [0.1, 0.15) is 19.4 Å². The zero-order valence-corrected chi connectivity index (χ0v) is 17.2. The first-order valence-corrected chi connectivity index (χ1v) is 10.5. The Morgan fingerprint density at radius 2 is 1.82 bits per heavy atom. The maximum Gasteiger partial charge on any atom is 0.0710 e. The Labute approximate surface area is 168 Å². The van der Waals surface area contributed by atoms with Crippen LogP contribution in [-0.2, 0) is 11.2 Å². The van der Waals surface area contributed by atoms with Gasteiger partial charge in [0.05, 0.1) is 24.8 Å². The molecule has 4 rings (SSSR count). The van der Waals surface area contributed by atoms with Crippen molar-refractivity contribution >= 4 is 10.9 Å². The van der Waals surface area contributed by atoms with Crippen molar-refractivity contribution in [3.05, 3.63) is 42.1 Å². The van der Waals surface area contributed by atoms with Crippen LogP contribution in [0, 0.1) is 11.3 Å². The molecular formula is C23H33N3O2. The van der Waals surface area contributed by atoms with E-state index in [9.17, 15) is 5.11 Å².